The molecule has 1 atom stereocenters. The predicted octanol–water partition coefficient (Wildman–Crippen LogP) is 1.79. The fourth-order valence-corrected chi connectivity index (χ4v) is 1.70. The summed E-state index contributed by atoms with van der Waals surface area (Å²) in [5.41, 5.74) is 4.47. The summed E-state index contributed by atoms with van der Waals surface area (Å²) < 4.78 is 37.6. The number of rotatable bonds is 6. The lowest BCUT2D eigenvalue weighted by Gasteiger charge is -2.14. The van der Waals surface area contributed by atoms with Gasteiger partial charge in [-0.25, -0.2) is 0 Å². The number of primary amides is 1. The molecule has 0 spiro atoms. The number of alkyl halides is 3. The summed E-state index contributed by atoms with van der Waals surface area (Å²) in [6.45, 7) is 3.43. The van der Waals surface area contributed by atoms with Crippen molar-refractivity contribution < 1.29 is 22.8 Å². The summed E-state index contributed by atoms with van der Waals surface area (Å²) >= 11 is 0. The molecule has 0 bridgehead atoms. The van der Waals surface area contributed by atoms with Crippen molar-refractivity contribution in [2.45, 2.75) is 25.1 Å². The van der Waals surface area contributed by atoms with Gasteiger partial charge in [0.1, 0.15) is 6.04 Å². The Balaban J connectivity index is 2.75. The fraction of sp³-hybridized carbons (Fsp3) is 0.286. The molecule has 7 heteroatoms. The molecule has 3 N–H and O–H groups in total. The van der Waals surface area contributed by atoms with E-state index in [2.05, 4.69) is 11.9 Å². The van der Waals surface area contributed by atoms with Crippen molar-refractivity contribution in [1.29, 1.82) is 0 Å². The highest BCUT2D eigenvalue weighted by atomic mass is 19.4. The van der Waals surface area contributed by atoms with E-state index in [1.165, 1.54) is 18.2 Å². The molecule has 0 saturated carbocycles. The summed E-state index contributed by atoms with van der Waals surface area (Å²) in [6, 6.07) is 3.53. The minimum Gasteiger partial charge on any atom is -0.368 e. The van der Waals surface area contributed by atoms with Gasteiger partial charge in [-0.1, -0.05) is 24.3 Å². The Labute approximate surface area is 119 Å². The molecule has 0 radical (unpaired) electrons. The summed E-state index contributed by atoms with van der Waals surface area (Å²) in [4.78, 5) is 22.8. The Bertz CT molecular complexity index is 541. The average molecular weight is 300 g/mol. The number of carbonyl (C=O) groups is 2. The van der Waals surface area contributed by atoms with E-state index in [1.54, 1.807) is 0 Å². The molecule has 4 nitrogen and oxygen atoms in total. The third-order valence-corrected chi connectivity index (χ3v) is 2.70. The van der Waals surface area contributed by atoms with Gasteiger partial charge in [-0.15, -0.1) is 6.58 Å². The van der Waals surface area contributed by atoms with Crippen LogP contribution >= 0.6 is 0 Å². The molecule has 0 aliphatic carbocycles. The van der Waals surface area contributed by atoms with Gasteiger partial charge in [0, 0.05) is 0 Å². The van der Waals surface area contributed by atoms with Crippen molar-refractivity contribution in [2.75, 3.05) is 0 Å². The molecule has 1 aromatic carbocycles. The molecule has 0 aliphatic heterocycles. The standard InChI is InChI=1S/C14H15F3N2O2/c1-2-4-11(13(18)21)19-12(20)8-9-5-3-6-10(7-9)14(15,16)17/h2-3,5-7,11H,1,4,8H2,(H2,18,21)(H,19,20)/t11-/m1/s1. The monoisotopic (exact) mass is 300 g/mol. The van der Waals surface area contributed by atoms with Crippen LogP contribution < -0.4 is 11.1 Å². The van der Waals surface area contributed by atoms with Crippen LogP contribution in [0.25, 0.3) is 0 Å². The topological polar surface area (TPSA) is 72.2 Å². The van der Waals surface area contributed by atoms with Gasteiger partial charge >= 0.3 is 6.18 Å². The maximum absolute atomic E-state index is 12.5. The lowest BCUT2D eigenvalue weighted by Crippen LogP contribution is -2.44. The lowest BCUT2D eigenvalue weighted by atomic mass is 10.1. The quantitative estimate of drug-likeness (QED) is 0.786. The number of benzene rings is 1. The third kappa shape index (κ3) is 5.29. The van der Waals surface area contributed by atoms with Crippen molar-refractivity contribution in [1.82, 2.24) is 5.32 Å². The van der Waals surface area contributed by atoms with Crippen LogP contribution in [0.1, 0.15) is 17.5 Å². The molecule has 0 unspecified atom stereocenters. The van der Waals surface area contributed by atoms with Gasteiger partial charge in [-0.2, -0.15) is 13.2 Å². The Morgan fingerprint density at radius 3 is 2.57 bits per heavy atom. The second-order valence-corrected chi connectivity index (χ2v) is 4.42. The Morgan fingerprint density at radius 1 is 1.38 bits per heavy atom. The maximum Gasteiger partial charge on any atom is 0.416 e. The molecule has 0 heterocycles. The SMILES string of the molecule is C=CC[C@@H](NC(=O)Cc1cccc(C(F)(F)F)c1)C(N)=O. The lowest BCUT2D eigenvalue weighted by molar-refractivity contribution is -0.137. The van der Waals surface area contributed by atoms with Gasteiger partial charge in [0.25, 0.3) is 0 Å². The van der Waals surface area contributed by atoms with Gasteiger partial charge in [0.2, 0.25) is 11.8 Å². The highest BCUT2D eigenvalue weighted by Gasteiger charge is 2.30. The average Bonchev–Trinajstić information content (AvgIpc) is 2.37. The number of amides is 2. The molecule has 0 saturated heterocycles. The minimum atomic E-state index is -4.47. The van der Waals surface area contributed by atoms with Crippen LogP contribution in [0.3, 0.4) is 0 Å². The smallest absolute Gasteiger partial charge is 0.368 e. The van der Waals surface area contributed by atoms with Crippen LogP contribution in [-0.4, -0.2) is 17.9 Å². The number of carbonyl (C=O) groups excluding carboxylic acids is 2. The van der Waals surface area contributed by atoms with E-state index in [0.29, 0.717) is 0 Å². The van der Waals surface area contributed by atoms with E-state index >= 15 is 0 Å². The van der Waals surface area contributed by atoms with E-state index in [0.717, 1.165) is 12.1 Å². The molecule has 0 fully saturated rings. The highest BCUT2D eigenvalue weighted by molar-refractivity contribution is 5.87. The van der Waals surface area contributed by atoms with E-state index in [1.807, 2.05) is 0 Å². The van der Waals surface area contributed by atoms with Crippen molar-refractivity contribution in [3.8, 4) is 0 Å². The van der Waals surface area contributed by atoms with Crippen molar-refractivity contribution >= 4 is 11.8 Å². The number of halogens is 3. The van der Waals surface area contributed by atoms with E-state index in [4.69, 9.17) is 5.73 Å². The van der Waals surface area contributed by atoms with Crippen molar-refractivity contribution in [3.63, 3.8) is 0 Å². The van der Waals surface area contributed by atoms with Gasteiger partial charge in [0.05, 0.1) is 12.0 Å². The van der Waals surface area contributed by atoms with Crippen LogP contribution in [0, 0.1) is 0 Å². The number of hydrogen-bond donors (Lipinski definition) is 2. The van der Waals surface area contributed by atoms with Gasteiger partial charge in [-0.05, 0) is 18.1 Å². The summed E-state index contributed by atoms with van der Waals surface area (Å²) in [5, 5.41) is 2.36. The molecule has 21 heavy (non-hydrogen) atoms. The molecule has 1 aromatic rings. The molecule has 0 aliphatic rings. The van der Waals surface area contributed by atoms with Crippen LogP contribution in [0.5, 0.6) is 0 Å². The normalized spacial score (nSPS) is 12.5. The fourth-order valence-electron chi connectivity index (χ4n) is 1.70. The van der Waals surface area contributed by atoms with Gasteiger partial charge in [-0.3, -0.25) is 9.59 Å². The predicted molar refractivity (Wildman–Crippen MR) is 71.1 cm³/mol. The van der Waals surface area contributed by atoms with Crippen molar-refractivity contribution in [3.05, 3.63) is 48.0 Å². The maximum atomic E-state index is 12.5. The van der Waals surface area contributed by atoms with Crippen LogP contribution in [0.15, 0.2) is 36.9 Å². The van der Waals surface area contributed by atoms with Crippen LogP contribution in [0.4, 0.5) is 13.2 Å². The van der Waals surface area contributed by atoms with E-state index in [-0.39, 0.29) is 18.4 Å². The summed E-state index contributed by atoms with van der Waals surface area (Å²) in [5.74, 6) is -1.31. The molecule has 114 valence electrons. The number of nitrogens with two attached hydrogens (primary N) is 1. The Hall–Kier alpha value is -2.31. The zero-order valence-corrected chi connectivity index (χ0v) is 11.1. The third-order valence-electron chi connectivity index (χ3n) is 2.70. The number of nitrogens with one attached hydrogen (secondary N) is 1. The van der Waals surface area contributed by atoms with Crippen LogP contribution in [-0.2, 0) is 22.2 Å². The molecular formula is C14H15F3N2O2. The molecular weight excluding hydrogens is 285 g/mol. The first-order valence-corrected chi connectivity index (χ1v) is 6.09. The van der Waals surface area contributed by atoms with Gasteiger partial charge < -0.3 is 11.1 Å². The highest BCUT2D eigenvalue weighted by Crippen LogP contribution is 2.29. The van der Waals surface area contributed by atoms with Crippen LogP contribution in [0.2, 0.25) is 0 Å². The number of hydrogen-bond acceptors (Lipinski definition) is 2. The Kier molecular flexibility index (Phi) is 5.52. The van der Waals surface area contributed by atoms with E-state index < -0.39 is 29.6 Å². The zero-order valence-electron chi connectivity index (χ0n) is 11.1. The first kappa shape index (κ1) is 16.7. The summed E-state index contributed by atoms with van der Waals surface area (Å²) in [6.07, 6.45) is -3.17. The van der Waals surface area contributed by atoms with Crippen molar-refractivity contribution in [2.24, 2.45) is 5.73 Å². The molecule has 1 rings (SSSR count). The summed E-state index contributed by atoms with van der Waals surface area (Å²) in [7, 11) is 0. The zero-order chi connectivity index (χ0) is 16.0. The largest absolute Gasteiger partial charge is 0.416 e. The first-order valence-electron chi connectivity index (χ1n) is 6.09. The second-order valence-electron chi connectivity index (χ2n) is 4.42. The first-order chi connectivity index (χ1) is 9.74. The van der Waals surface area contributed by atoms with E-state index in [9.17, 15) is 22.8 Å². The molecule has 2 amide bonds. The Morgan fingerprint density at radius 2 is 2.05 bits per heavy atom. The molecule has 0 aromatic heterocycles. The second kappa shape index (κ2) is 6.92. The van der Waals surface area contributed by atoms with Gasteiger partial charge in [0.15, 0.2) is 0 Å². The minimum absolute atomic E-state index is 0.156.